The Labute approximate surface area is 132 Å². The first-order valence-electron chi connectivity index (χ1n) is 7.75. The molecule has 1 fully saturated rings. The first-order chi connectivity index (χ1) is 9.93. The molecule has 0 unspecified atom stereocenters. The molecule has 0 atom stereocenters. The fraction of sp³-hybridized carbons (Fsp3) is 0.588. The van der Waals surface area contributed by atoms with E-state index < -0.39 is 0 Å². The Hall–Kier alpha value is -1.22. The fourth-order valence-electron chi connectivity index (χ4n) is 2.87. The van der Waals surface area contributed by atoms with Gasteiger partial charge >= 0.3 is 0 Å². The van der Waals surface area contributed by atoms with Crippen LogP contribution in [-0.2, 0) is 0 Å². The second kappa shape index (κ2) is 6.69. The molecule has 21 heavy (non-hydrogen) atoms. The minimum Gasteiger partial charge on any atom is -0.384 e. The van der Waals surface area contributed by atoms with Crippen molar-refractivity contribution in [2.45, 2.75) is 40.0 Å². The summed E-state index contributed by atoms with van der Waals surface area (Å²) in [7, 11) is 0. The molecule has 1 amide bonds. The average Bonchev–Trinajstić information content (AvgIpc) is 2.44. The molecule has 0 aromatic heterocycles. The Bertz CT molecular complexity index is 514. The molecule has 1 saturated heterocycles. The smallest absolute Gasteiger partial charge is 0.256 e. The van der Waals surface area contributed by atoms with Crippen LogP contribution in [-0.4, -0.2) is 30.4 Å². The summed E-state index contributed by atoms with van der Waals surface area (Å²) in [6.07, 6.45) is 3.26. The van der Waals surface area contributed by atoms with E-state index in [1.165, 1.54) is 6.42 Å². The second-order valence-electron chi connectivity index (χ2n) is 6.61. The van der Waals surface area contributed by atoms with Gasteiger partial charge in [0.1, 0.15) is 0 Å². The van der Waals surface area contributed by atoms with Gasteiger partial charge in [0.15, 0.2) is 0 Å². The van der Waals surface area contributed by atoms with E-state index in [-0.39, 0.29) is 11.3 Å². The number of piperidine rings is 1. The van der Waals surface area contributed by atoms with Gasteiger partial charge in [0, 0.05) is 30.3 Å². The number of hydrogen-bond acceptors (Lipinski definition) is 2. The molecule has 0 bridgehead atoms. The number of halogens is 1. The number of amides is 1. The molecule has 1 aromatic rings. The van der Waals surface area contributed by atoms with Gasteiger partial charge in [-0.15, -0.1) is 0 Å². The average molecular weight is 309 g/mol. The maximum atomic E-state index is 12.9. The second-order valence-corrected chi connectivity index (χ2v) is 7.05. The van der Waals surface area contributed by atoms with Gasteiger partial charge in [-0.2, -0.15) is 0 Å². The van der Waals surface area contributed by atoms with Gasteiger partial charge in [-0.25, -0.2) is 0 Å². The molecule has 2 rings (SSSR count). The zero-order chi connectivity index (χ0) is 15.5. The van der Waals surface area contributed by atoms with E-state index in [1.807, 2.05) is 17.0 Å². The maximum absolute atomic E-state index is 12.9. The van der Waals surface area contributed by atoms with Gasteiger partial charge in [0.05, 0.1) is 5.56 Å². The largest absolute Gasteiger partial charge is 0.384 e. The predicted molar refractivity (Wildman–Crippen MR) is 89.2 cm³/mol. The number of hydrogen-bond donors (Lipinski definition) is 1. The normalized spacial score (nSPS) is 17.6. The third-order valence-corrected chi connectivity index (χ3v) is 4.20. The summed E-state index contributed by atoms with van der Waals surface area (Å²) in [5.41, 5.74) is 1.77. The summed E-state index contributed by atoms with van der Waals surface area (Å²) < 4.78 is 0. The summed E-state index contributed by atoms with van der Waals surface area (Å²) in [6, 6.07) is 5.51. The topological polar surface area (TPSA) is 32.3 Å². The number of nitrogens with zero attached hydrogens (tertiary/aromatic N) is 1. The summed E-state index contributed by atoms with van der Waals surface area (Å²) in [5, 5.41) is 3.93. The van der Waals surface area contributed by atoms with Crippen LogP contribution in [0.5, 0.6) is 0 Å². The van der Waals surface area contributed by atoms with E-state index in [0.717, 1.165) is 38.2 Å². The number of nitrogens with one attached hydrogen (secondary N) is 1. The van der Waals surface area contributed by atoms with Crippen LogP contribution in [0.4, 0.5) is 5.69 Å². The van der Waals surface area contributed by atoms with E-state index >= 15 is 0 Å². The summed E-state index contributed by atoms with van der Waals surface area (Å²) >= 11 is 6.09. The molecular formula is C17H25ClN2O. The van der Waals surface area contributed by atoms with Gasteiger partial charge in [-0.3, -0.25) is 4.79 Å². The summed E-state index contributed by atoms with van der Waals surface area (Å²) in [6.45, 7) is 9.06. The van der Waals surface area contributed by atoms with Gasteiger partial charge < -0.3 is 10.2 Å². The highest BCUT2D eigenvalue weighted by Crippen LogP contribution is 2.31. The fourth-order valence-corrected chi connectivity index (χ4v) is 3.05. The SMILES string of the molecule is CCCNc1ccc(Cl)cc1C(=O)N1CCCC(C)(C)C1. The van der Waals surface area contributed by atoms with E-state index in [4.69, 9.17) is 11.6 Å². The molecule has 0 aliphatic carbocycles. The van der Waals surface area contributed by atoms with Crippen molar-refractivity contribution in [3.63, 3.8) is 0 Å². The number of likely N-dealkylation sites (tertiary alicyclic amines) is 1. The lowest BCUT2D eigenvalue weighted by atomic mass is 9.84. The van der Waals surface area contributed by atoms with E-state index in [2.05, 4.69) is 26.1 Å². The number of benzene rings is 1. The van der Waals surface area contributed by atoms with Crippen LogP contribution in [0, 0.1) is 5.41 Å². The molecule has 3 nitrogen and oxygen atoms in total. The highest BCUT2D eigenvalue weighted by molar-refractivity contribution is 6.31. The molecule has 1 heterocycles. The van der Waals surface area contributed by atoms with Crippen LogP contribution in [0.3, 0.4) is 0 Å². The lowest BCUT2D eigenvalue weighted by Gasteiger charge is -2.38. The van der Waals surface area contributed by atoms with Crippen LogP contribution < -0.4 is 5.32 Å². The Morgan fingerprint density at radius 3 is 2.86 bits per heavy atom. The van der Waals surface area contributed by atoms with Gasteiger partial charge in [0.25, 0.3) is 5.91 Å². The van der Waals surface area contributed by atoms with Crippen molar-refractivity contribution in [3.05, 3.63) is 28.8 Å². The lowest BCUT2D eigenvalue weighted by molar-refractivity contribution is 0.0584. The third kappa shape index (κ3) is 4.13. The number of carbonyl (C=O) groups excluding carboxylic acids is 1. The minimum absolute atomic E-state index is 0.0869. The minimum atomic E-state index is 0.0869. The molecule has 4 heteroatoms. The predicted octanol–water partition coefficient (Wildman–Crippen LogP) is 4.42. The van der Waals surface area contributed by atoms with Crippen LogP contribution >= 0.6 is 11.6 Å². The molecule has 0 saturated carbocycles. The number of anilines is 1. The molecule has 1 N–H and O–H groups in total. The van der Waals surface area contributed by atoms with Crippen molar-refractivity contribution in [3.8, 4) is 0 Å². The van der Waals surface area contributed by atoms with Crippen LogP contribution in [0.1, 0.15) is 50.4 Å². The standard InChI is InChI=1S/C17H25ClN2O/c1-4-9-19-15-7-6-13(18)11-14(15)16(21)20-10-5-8-17(2,3)12-20/h6-7,11,19H,4-5,8-10,12H2,1-3H3. The zero-order valence-electron chi connectivity index (χ0n) is 13.2. The van der Waals surface area contributed by atoms with E-state index in [1.54, 1.807) is 6.07 Å². The number of rotatable bonds is 4. The maximum Gasteiger partial charge on any atom is 0.256 e. The first-order valence-corrected chi connectivity index (χ1v) is 8.13. The van der Waals surface area contributed by atoms with Crippen molar-refractivity contribution in [2.24, 2.45) is 5.41 Å². The van der Waals surface area contributed by atoms with Crippen LogP contribution in [0.15, 0.2) is 18.2 Å². The summed E-state index contributed by atoms with van der Waals surface area (Å²) in [4.78, 5) is 14.8. The van der Waals surface area contributed by atoms with Crippen LogP contribution in [0.2, 0.25) is 5.02 Å². The monoisotopic (exact) mass is 308 g/mol. The van der Waals surface area contributed by atoms with Gasteiger partial charge in [-0.1, -0.05) is 32.4 Å². The van der Waals surface area contributed by atoms with Gasteiger partial charge in [0.2, 0.25) is 0 Å². The Morgan fingerprint density at radius 1 is 1.43 bits per heavy atom. The van der Waals surface area contributed by atoms with Crippen molar-refractivity contribution in [1.29, 1.82) is 0 Å². The Balaban J connectivity index is 2.23. The highest BCUT2D eigenvalue weighted by Gasteiger charge is 2.30. The molecule has 116 valence electrons. The van der Waals surface area contributed by atoms with Crippen molar-refractivity contribution < 1.29 is 4.79 Å². The Morgan fingerprint density at radius 2 is 2.19 bits per heavy atom. The van der Waals surface area contributed by atoms with E-state index in [9.17, 15) is 4.79 Å². The molecule has 1 aliphatic heterocycles. The summed E-state index contributed by atoms with van der Waals surface area (Å²) in [5.74, 6) is 0.0869. The molecular weight excluding hydrogens is 284 g/mol. The van der Waals surface area contributed by atoms with Crippen molar-refractivity contribution in [2.75, 3.05) is 25.0 Å². The zero-order valence-corrected chi connectivity index (χ0v) is 14.0. The van der Waals surface area contributed by atoms with Gasteiger partial charge in [-0.05, 0) is 42.9 Å². The molecule has 0 spiro atoms. The highest BCUT2D eigenvalue weighted by atomic mass is 35.5. The number of carbonyl (C=O) groups is 1. The quantitative estimate of drug-likeness (QED) is 0.892. The lowest BCUT2D eigenvalue weighted by Crippen LogP contribution is -2.43. The third-order valence-electron chi connectivity index (χ3n) is 3.97. The van der Waals surface area contributed by atoms with Crippen molar-refractivity contribution >= 4 is 23.2 Å². The van der Waals surface area contributed by atoms with Crippen LogP contribution in [0.25, 0.3) is 0 Å². The van der Waals surface area contributed by atoms with E-state index in [0.29, 0.717) is 10.6 Å². The Kier molecular flexibility index (Phi) is 5.15. The molecule has 1 aromatic carbocycles. The molecule has 1 aliphatic rings. The van der Waals surface area contributed by atoms with Crippen molar-refractivity contribution in [1.82, 2.24) is 4.90 Å². The first kappa shape index (κ1) is 16.2. The molecule has 0 radical (unpaired) electrons.